The van der Waals surface area contributed by atoms with Gasteiger partial charge in [0.25, 0.3) is 11.8 Å². The number of aliphatic hydroxyl groups excluding tert-OH is 1. The van der Waals surface area contributed by atoms with Crippen LogP contribution in [0.2, 0.25) is 0 Å². The highest BCUT2D eigenvalue weighted by Crippen LogP contribution is 2.34. The van der Waals surface area contributed by atoms with Crippen LogP contribution >= 0.6 is 0 Å². The van der Waals surface area contributed by atoms with Gasteiger partial charge in [-0.15, -0.1) is 0 Å². The van der Waals surface area contributed by atoms with Gasteiger partial charge in [-0.25, -0.2) is 9.37 Å². The number of carbonyl (C=O) groups is 1. The third-order valence-corrected chi connectivity index (χ3v) is 4.76. The number of aromatic nitrogens is 1. The molecule has 3 heterocycles. The molecule has 0 spiro atoms. The van der Waals surface area contributed by atoms with Crippen LogP contribution in [0, 0.1) is 5.82 Å². The molecule has 0 bridgehead atoms. The van der Waals surface area contributed by atoms with Crippen molar-refractivity contribution in [3.05, 3.63) is 53.0 Å². The Labute approximate surface area is 161 Å². The number of hydrogen-bond acceptors (Lipinski definition) is 6. The van der Waals surface area contributed by atoms with Crippen molar-refractivity contribution >= 4 is 5.91 Å². The normalized spacial score (nSPS) is 21.2. The number of halogens is 1. The van der Waals surface area contributed by atoms with Gasteiger partial charge >= 0.3 is 0 Å². The van der Waals surface area contributed by atoms with Crippen molar-refractivity contribution in [1.29, 1.82) is 0 Å². The number of ether oxygens (including phenoxy) is 3. The SMILES string of the molecule is O=C(N[C@H]1COCC[C@@H]1O)c1cc(Cc2ccc(F)cc2)c2c(n1)OCCO2. The van der Waals surface area contributed by atoms with Crippen LogP contribution in [0.15, 0.2) is 30.3 Å². The maximum atomic E-state index is 13.2. The number of rotatable bonds is 4. The molecule has 28 heavy (non-hydrogen) atoms. The molecule has 1 aromatic heterocycles. The van der Waals surface area contributed by atoms with Crippen LogP contribution in [0.1, 0.15) is 28.0 Å². The number of nitrogens with one attached hydrogen (secondary N) is 1. The summed E-state index contributed by atoms with van der Waals surface area (Å²) < 4.78 is 29.8. The first-order valence-electron chi connectivity index (χ1n) is 9.21. The smallest absolute Gasteiger partial charge is 0.270 e. The van der Waals surface area contributed by atoms with Crippen LogP contribution in [0.4, 0.5) is 4.39 Å². The lowest BCUT2D eigenvalue weighted by Crippen LogP contribution is -2.49. The highest BCUT2D eigenvalue weighted by Gasteiger charge is 2.28. The minimum absolute atomic E-state index is 0.166. The fourth-order valence-electron chi connectivity index (χ4n) is 3.27. The fourth-order valence-corrected chi connectivity index (χ4v) is 3.27. The molecule has 2 aliphatic rings. The van der Waals surface area contributed by atoms with E-state index in [-0.39, 0.29) is 24.0 Å². The Hall–Kier alpha value is -2.71. The van der Waals surface area contributed by atoms with Gasteiger partial charge in [-0.05, 0) is 30.2 Å². The summed E-state index contributed by atoms with van der Waals surface area (Å²) in [5, 5.41) is 12.8. The summed E-state index contributed by atoms with van der Waals surface area (Å²) in [6.45, 7) is 1.45. The second-order valence-electron chi connectivity index (χ2n) is 6.81. The Morgan fingerprint density at radius 2 is 2.00 bits per heavy atom. The summed E-state index contributed by atoms with van der Waals surface area (Å²) >= 11 is 0. The highest BCUT2D eigenvalue weighted by molar-refractivity contribution is 5.93. The van der Waals surface area contributed by atoms with Crippen LogP contribution < -0.4 is 14.8 Å². The molecule has 8 heteroatoms. The van der Waals surface area contributed by atoms with Crippen molar-refractivity contribution in [1.82, 2.24) is 10.3 Å². The van der Waals surface area contributed by atoms with Gasteiger partial charge in [0.1, 0.15) is 24.7 Å². The zero-order chi connectivity index (χ0) is 19.5. The number of amides is 1. The first-order chi connectivity index (χ1) is 13.6. The van der Waals surface area contributed by atoms with Crippen LogP contribution in [0.3, 0.4) is 0 Å². The lowest BCUT2D eigenvalue weighted by molar-refractivity contribution is -0.0140. The number of fused-ring (bicyclic) bond motifs is 1. The molecule has 0 aliphatic carbocycles. The van der Waals surface area contributed by atoms with Gasteiger partial charge in [0, 0.05) is 18.6 Å². The van der Waals surface area contributed by atoms with Crippen LogP contribution in [0.25, 0.3) is 0 Å². The Kier molecular flexibility index (Phi) is 5.40. The summed E-state index contributed by atoms with van der Waals surface area (Å²) in [6, 6.07) is 7.29. The number of carbonyl (C=O) groups excluding carboxylic acids is 1. The van der Waals surface area contributed by atoms with Crippen molar-refractivity contribution in [3.8, 4) is 11.6 Å². The van der Waals surface area contributed by atoms with Gasteiger partial charge in [0.05, 0.1) is 18.8 Å². The third-order valence-electron chi connectivity index (χ3n) is 4.76. The zero-order valence-electron chi connectivity index (χ0n) is 15.2. The highest BCUT2D eigenvalue weighted by atomic mass is 19.1. The Morgan fingerprint density at radius 1 is 1.21 bits per heavy atom. The molecule has 4 rings (SSSR count). The van der Waals surface area contributed by atoms with E-state index in [0.29, 0.717) is 38.4 Å². The molecule has 2 atom stereocenters. The molecule has 1 aromatic carbocycles. The van der Waals surface area contributed by atoms with E-state index in [4.69, 9.17) is 14.2 Å². The summed E-state index contributed by atoms with van der Waals surface area (Å²) in [4.78, 5) is 17.0. The maximum absolute atomic E-state index is 13.2. The Bertz CT molecular complexity index is 858. The lowest BCUT2D eigenvalue weighted by Gasteiger charge is -2.28. The van der Waals surface area contributed by atoms with Crippen molar-refractivity contribution in [2.24, 2.45) is 0 Å². The van der Waals surface area contributed by atoms with E-state index in [9.17, 15) is 14.3 Å². The molecule has 2 aromatic rings. The summed E-state index contributed by atoms with van der Waals surface area (Å²) in [6.07, 6.45) is 0.243. The van der Waals surface area contributed by atoms with E-state index >= 15 is 0 Å². The molecule has 1 fully saturated rings. The molecule has 2 aliphatic heterocycles. The summed E-state index contributed by atoms with van der Waals surface area (Å²) in [5.74, 6) is 0.0184. The van der Waals surface area contributed by atoms with Gasteiger partial charge in [0.15, 0.2) is 5.75 Å². The van der Waals surface area contributed by atoms with E-state index in [2.05, 4.69) is 10.3 Å². The Balaban J connectivity index is 1.60. The molecule has 2 N–H and O–H groups in total. The third kappa shape index (κ3) is 4.07. The standard InChI is InChI=1S/C20H21FN2O5/c21-14-3-1-12(2-4-14)9-13-10-15(23-20-18(13)27-7-8-28-20)19(25)22-16-11-26-6-5-17(16)24/h1-4,10,16-17,24H,5-9,11H2,(H,22,25)/t16-,17-/m0/s1. The monoisotopic (exact) mass is 388 g/mol. The van der Waals surface area contributed by atoms with Crippen molar-refractivity contribution in [2.45, 2.75) is 25.0 Å². The first kappa shape index (κ1) is 18.6. The van der Waals surface area contributed by atoms with Crippen LogP contribution in [-0.2, 0) is 11.2 Å². The van der Waals surface area contributed by atoms with Gasteiger partial charge in [-0.2, -0.15) is 0 Å². The maximum Gasteiger partial charge on any atom is 0.270 e. The number of hydrogen-bond donors (Lipinski definition) is 2. The predicted octanol–water partition coefficient (Wildman–Crippen LogP) is 1.46. The van der Waals surface area contributed by atoms with Gasteiger partial charge in [-0.3, -0.25) is 4.79 Å². The quantitative estimate of drug-likeness (QED) is 0.824. The van der Waals surface area contributed by atoms with Crippen molar-refractivity contribution in [3.63, 3.8) is 0 Å². The molecule has 7 nitrogen and oxygen atoms in total. The summed E-state index contributed by atoms with van der Waals surface area (Å²) in [7, 11) is 0. The average molecular weight is 388 g/mol. The fraction of sp³-hybridized carbons (Fsp3) is 0.400. The van der Waals surface area contributed by atoms with Crippen molar-refractivity contribution < 1.29 is 28.5 Å². The van der Waals surface area contributed by atoms with Crippen molar-refractivity contribution in [2.75, 3.05) is 26.4 Å². The first-order valence-corrected chi connectivity index (χ1v) is 9.21. The molecule has 1 amide bonds. The van der Waals surface area contributed by atoms with E-state index in [1.807, 2.05) is 0 Å². The van der Waals surface area contributed by atoms with E-state index in [1.165, 1.54) is 12.1 Å². The van der Waals surface area contributed by atoms with E-state index in [0.717, 1.165) is 11.1 Å². The number of benzene rings is 1. The van der Waals surface area contributed by atoms with Gasteiger partial charge in [0.2, 0.25) is 0 Å². The topological polar surface area (TPSA) is 89.9 Å². The molecule has 148 valence electrons. The molecule has 0 radical (unpaired) electrons. The molecular weight excluding hydrogens is 367 g/mol. The number of pyridine rings is 1. The molecule has 0 saturated carbocycles. The summed E-state index contributed by atoms with van der Waals surface area (Å²) in [5.41, 5.74) is 1.76. The second-order valence-corrected chi connectivity index (χ2v) is 6.81. The minimum atomic E-state index is -0.659. The average Bonchev–Trinajstić information content (AvgIpc) is 2.71. The molecule has 1 saturated heterocycles. The predicted molar refractivity (Wildman–Crippen MR) is 97.1 cm³/mol. The van der Waals surface area contributed by atoms with E-state index in [1.54, 1.807) is 18.2 Å². The van der Waals surface area contributed by atoms with Gasteiger partial charge < -0.3 is 24.6 Å². The number of aliphatic hydroxyl groups is 1. The Morgan fingerprint density at radius 3 is 2.79 bits per heavy atom. The molecular formula is C20H21FN2O5. The largest absolute Gasteiger partial charge is 0.484 e. The lowest BCUT2D eigenvalue weighted by atomic mass is 10.0. The van der Waals surface area contributed by atoms with Gasteiger partial charge in [-0.1, -0.05) is 12.1 Å². The van der Waals surface area contributed by atoms with E-state index < -0.39 is 18.1 Å². The zero-order valence-corrected chi connectivity index (χ0v) is 15.2. The molecule has 0 unspecified atom stereocenters. The van der Waals surface area contributed by atoms with Crippen LogP contribution in [-0.4, -0.2) is 54.6 Å². The second kappa shape index (κ2) is 8.12. The van der Waals surface area contributed by atoms with Crippen LogP contribution in [0.5, 0.6) is 11.6 Å². The minimum Gasteiger partial charge on any atom is -0.484 e. The number of nitrogens with zero attached hydrogens (tertiary/aromatic N) is 1.